The molecule has 1 aliphatic heterocycles. The Labute approximate surface area is 145 Å². The van der Waals surface area contributed by atoms with Gasteiger partial charge in [-0.15, -0.1) is 0 Å². The summed E-state index contributed by atoms with van der Waals surface area (Å²) in [5.41, 5.74) is 1.45. The molecule has 1 fully saturated rings. The summed E-state index contributed by atoms with van der Waals surface area (Å²) in [7, 11) is 5.34. The highest BCUT2D eigenvalue weighted by Gasteiger charge is 2.30. The van der Waals surface area contributed by atoms with Crippen LogP contribution in [0.15, 0.2) is 23.0 Å². The van der Waals surface area contributed by atoms with Gasteiger partial charge >= 0.3 is 0 Å². The van der Waals surface area contributed by atoms with Crippen LogP contribution in [-0.2, 0) is 7.05 Å². The van der Waals surface area contributed by atoms with Crippen LogP contribution in [0.2, 0.25) is 0 Å². The molecule has 0 aliphatic carbocycles. The second-order valence-corrected chi connectivity index (χ2v) is 6.40. The van der Waals surface area contributed by atoms with Gasteiger partial charge in [0.25, 0.3) is 11.5 Å². The molecule has 0 spiro atoms. The Kier molecular flexibility index (Phi) is 4.31. The number of rotatable bonds is 3. The van der Waals surface area contributed by atoms with E-state index in [2.05, 4.69) is 16.0 Å². The predicted molar refractivity (Wildman–Crippen MR) is 92.6 cm³/mol. The van der Waals surface area contributed by atoms with Crippen LogP contribution in [0.1, 0.15) is 34.2 Å². The van der Waals surface area contributed by atoms with E-state index in [1.807, 2.05) is 14.1 Å². The summed E-state index contributed by atoms with van der Waals surface area (Å²) in [4.78, 5) is 35.3. The number of carbonyl (C=O) groups excluding carboxylic acids is 1. The first-order valence-corrected chi connectivity index (χ1v) is 8.04. The Balaban J connectivity index is 1.80. The second kappa shape index (κ2) is 6.43. The fourth-order valence-corrected chi connectivity index (χ4v) is 3.07. The number of aromatic amines is 1. The summed E-state index contributed by atoms with van der Waals surface area (Å²) in [6.45, 7) is 1.11. The maximum Gasteiger partial charge on any atom is 0.270 e. The van der Waals surface area contributed by atoms with Crippen LogP contribution < -0.4 is 10.5 Å². The van der Waals surface area contributed by atoms with Gasteiger partial charge in [0.1, 0.15) is 17.5 Å². The molecule has 1 saturated heterocycles. The molecule has 3 rings (SSSR count). The average molecular weight is 340 g/mol. The quantitative estimate of drug-likeness (QED) is 0.886. The van der Waals surface area contributed by atoms with E-state index in [4.69, 9.17) is 5.26 Å². The Morgan fingerprint density at radius 2 is 2.20 bits per heavy atom. The molecular weight excluding hydrogens is 320 g/mol. The van der Waals surface area contributed by atoms with Crippen molar-refractivity contribution in [3.05, 3.63) is 45.6 Å². The van der Waals surface area contributed by atoms with Crippen molar-refractivity contribution < 1.29 is 4.79 Å². The van der Waals surface area contributed by atoms with Crippen molar-refractivity contribution in [1.29, 1.82) is 5.26 Å². The normalized spacial score (nSPS) is 16.7. The van der Waals surface area contributed by atoms with Crippen LogP contribution in [0.5, 0.6) is 0 Å². The van der Waals surface area contributed by atoms with E-state index in [9.17, 15) is 9.59 Å². The van der Waals surface area contributed by atoms with Crippen LogP contribution in [0.25, 0.3) is 0 Å². The van der Waals surface area contributed by atoms with E-state index in [-0.39, 0.29) is 17.4 Å². The minimum absolute atomic E-state index is 0.0284. The summed E-state index contributed by atoms with van der Waals surface area (Å²) < 4.78 is 1.60. The summed E-state index contributed by atoms with van der Waals surface area (Å²) in [5.74, 6) is 0.429. The SMILES string of the molecule is CN(C)c1nc(C2CCN(C(=O)c3ccc(C#N)n3C)C2)cc(=O)[nH]1. The molecule has 8 nitrogen and oxygen atoms in total. The molecule has 130 valence electrons. The van der Waals surface area contributed by atoms with E-state index in [0.29, 0.717) is 36.1 Å². The molecule has 1 atom stereocenters. The summed E-state index contributed by atoms with van der Waals surface area (Å²) in [6.07, 6.45) is 0.755. The first-order chi connectivity index (χ1) is 11.9. The van der Waals surface area contributed by atoms with Gasteiger partial charge < -0.3 is 14.4 Å². The van der Waals surface area contributed by atoms with Gasteiger partial charge in [-0.25, -0.2) is 4.98 Å². The molecule has 1 aliphatic rings. The van der Waals surface area contributed by atoms with Crippen LogP contribution in [-0.4, -0.2) is 52.5 Å². The molecule has 0 aromatic carbocycles. The number of H-pyrrole nitrogens is 1. The van der Waals surface area contributed by atoms with Crippen molar-refractivity contribution in [3.63, 3.8) is 0 Å². The third-order valence-electron chi connectivity index (χ3n) is 4.52. The highest BCUT2D eigenvalue weighted by molar-refractivity contribution is 5.93. The van der Waals surface area contributed by atoms with Gasteiger partial charge in [-0.2, -0.15) is 5.26 Å². The van der Waals surface area contributed by atoms with Crippen LogP contribution >= 0.6 is 0 Å². The highest BCUT2D eigenvalue weighted by atomic mass is 16.2. The lowest BCUT2D eigenvalue weighted by atomic mass is 10.1. The zero-order chi connectivity index (χ0) is 18.1. The molecular formula is C17H20N6O2. The predicted octanol–water partition coefficient (Wildman–Crippen LogP) is 0.676. The van der Waals surface area contributed by atoms with Gasteiger partial charge in [0.05, 0.1) is 5.69 Å². The third kappa shape index (κ3) is 3.13. The van der Waals surface area contributed by atoms with Crippen LogP contribution in [0, 0.1) is 11.3 Å². The maximum atomic E-state index is 12.7. The first kappa shape index (κ1) is 16.8. The summed E-state index contributed by atoms with van der Waals surface area (Å²) in [6, 6.07) is 6.87. The average Bonchev–Trinajstić information content (AvgIpc) is 3.20. The number of nitrogens with one attached hydrogen (secondary N) is 1. The Hall–Kier alpha value is -3.08. The number of aromatic nitrogens is 3. The number of nitriles is 1. The number of amides is 1. The number of carbonyl (C=O) groups is 1. The summed E-state index contributed by atoms with van der Waals surface area (Å²) >= 11 is 0. The first-order valence-electron chi connectivity index (χ1n) is 8.04. The number of nitrogens with zero attached hydrogens (tertiary/aromatic N) is 5. The van der Waals surface area contributed by atoms with E-state index < -0.39 is 0 Å². The molecule has 0 radical (unpaired) electrons. The largest absolute Gasteiger partial charge is 0.348 e. The lowest BCUT2D eigenvalue weighted by molar-refractivity contribution is 0.0781. The molecule has 1 amide bonds. The second-order valence-electron chi connectivity index (χ2n) is 6.40. The van der Waals surface area contributed by atoms with Crippen LogP contribution in [0.4, 0.5) is 5.95 Å². The van der Waals surface area contributed by atoms with Gasteiger partial charge in [0.2, 0.25) is 5.95 Å². The van der Waals surface area contributed by atoms with Crippen molar-refractivity contribution >= 4 is 11.9 Å². The molecule has 0 saturated carbocycles. The lowest BCUT2D eigenvalue weighted by Gasteiger charge is -2.18. The molecule has 1 unspecified atom stereocenters. The minimum atomic E-state index is -0.195. The van der Waals surface area contributed by atoms with Gasteiger partial charge in [0, 0.05) is 46.2 Å². The topological polar surface area (TPSA) is 98.0 Å². The smallest absolute Gasteiger partial charge is 0.270 e. The van der Waals surface area contributed by atoms with Crippen molar-refractivity contribution in [2.45, 2.75) is 12.3 Å². The van der Waals surface area contributed by atoms with Gasteiger partial charge in [-0.3, -0.25) is 14.6 Å². The fraction of sp³-hybridized carbons (Fsp3) is 0.412. The van der Waals surface area contributed by atoms with Gasteiger partial charge in [-0.05, 0) is 18.6 Å². The van der Waals surface area contributed by atoms with Crippen molar-refractivity contribution in [2.24, 2.45) is 7.05 Å². The van der Waals surface area contributed by atoms with E-state index >= 15 is 0 Å². The van der Waals surface area contributed by atoms with E-state index in [1.54, 1.807) is 33.5 Å². The van der Waals surface area contributed by atoms with Crippen LogP contribution in [0.3, 0.4) is 0 Å². The summed E-state index contributed by atoms with van der Waals surface area (Å²) in [5, 5.41) is 9.03. The Bertz CT molecular complexity index is 905. The zero-order valence-electron chi connectivity index (χ0n) is 14.5. The van der Waals surface area contributed by atoms with Crippen molar-refractivity contribution in [3.8, 4) is 6.07 Å². The fourth-order valence-electron chi connectivity index (χ4n) is 3.07. The molecule has 1 N–H and O–H groups in total. The number of anilines is 1. The van der Waals surface area contributed by atoms with Crippen molar-refractivity contribution in [1.82, 2.24) is 19.4 Å². The molecule has 2 aromatic rings. The molecule has 25 heavy (non-hydrogen) atoms. The molecule has 8 heteroatoms. The number of likely N-dealkylation sites (tertiary alicyclic amines) is 1. The van der Waals surface area contributed by atoms with Gasteiger partial charge in [0.15, 0.2) is 0 Å². The highest BCUT2D eigenvalue weighted by Crippen LogP contribution is 2.27. The molecule has 2 aromatic heterocycles. The Morgan fingerprint density at radius 3 is 2.84 bits per heavy atom. The lowest BCUT2D eigenvalue weighted by Crippen LogP contribution is -2.30. The van der Waals surface area contributed by atoms with E-state index in [0.717, 1.165) is 6.42 Å². The zero-order valence-corrected chi connectivity index (χ0v) is 14.5. The van der Waals surface area contributed by atoms with E-state index in [1.165, 1.54) is 6.07 Å². The maximum absolute atomic E-state index is 12.7. The number of hydrogen-bond donors (Lipinski definition) is 1. The standard InChI is InChI=1S/C17H20N6O2/c1-21(2)17-19-13(8-15(24)20-17)11-6-7-23(10-11)16(25)14-5-4-12(9-18)22(14)3/h4-5,8,11H,6-7,10H2,1-3H3,(H,19,20,24). The van der Waals surface area contributed by atoms with Gasteiger partial charge in [-0.1, -0.05) is 0 Å². The Morgan fingerprint density at radius 1 is 1.44 bits per heavy atom. The number of hydrogen-bond acceptors (Lipinski definition) is 5. The molecule has 0 bridgehead atoms. The molecule has 3 heterocycles. The third-order valence-corrected chi connectivity index (χ3v) is 4.52. The van der Waals surface area contributed by atoms with Crippen molar-refractivity contribution in [2.75, 3.05) is 32.1 Å². The monoisotopic (exact) mass is 340 g/mol. The minimum Gasteiger partial charge on any atom is -0.348 e.